The molecule has 0 unspecified atom stereocenters. The number of aromatic nitrogens is 1. The van der Waals surface area contributed by atoms with Gasteiger partial charge >= 0.3 is 0 Å². The van der Waals surface area contributed by atoms with E-state index >= 15 is 0 Å². The van der Waals surface area contributed by atoms with Crippen LogP contribution >= 0.6 is 0 Å². The van der Waals surface area contributed by atoms with Crippen molar-refractivity contribution in [3.8, 4) is 6.07 Å². The van der Waals surface area contributed by atoms with Gasteiger partial charge in [-0.25, -0.2) is 4.98 Å². The van der Waals surface area contributed by atoms with Gasteiger partial charge in [0.25, 0.3) is 0 Å². The van der Waals surface area contributed by atoms with Crippen molar-refractivity contribution in [2.45, 2.75) is 32.1 Å². The molecule has 148 valence electrons. The molecule has 2 aromatic rings. The highest BCUT2D eigenvalue weighted by molar-refractivity contribution is 5.86. The van der Waals surface area contributed by atoms with Crippen molar-refractivity contribution in [2.75, 3.05) is 24.5 Å². The van der Waals surface area contributed by atoms with E-state index in [4.69, 9.17) is 5.26 Å². The normalized spacial score (nSPS) is 17.6. The first kappa shape index (κ1) is 19.2. The van der Waals surface area contributed by atoms with Gasteiger partial charge in [0.2, 0.25) is 5.91 Å². The summed E-state index contributed by atoms with van der Waals surface area (Å²) in [5, 5.41) is 12.2. The molecule has 0 spiro atoms. The zero-order valence-electron chi connectivity index (χ0n) is 16.6. The molecule has 2 aliphatic rings. The molecule has 1 saturated heterocycles. The van der Waals surface area contributed by atoms with Crippen LogP contribution in [0.25, 0.3) is 0 Å². The van der Waals surface area contributed by atoms with Crippen LogP contribution in [0.3, 0.4) is 0 Å². The summed E-state index contributed by atoms with van der Waals surface area (Å²) < 4.78 is 0. The lowest BCUT2D eigenvalue weighted by molar-refractivity contribution is -0.132. The largest absolute Gasteiger partial charge is 0.354 e. The maximum absolute atomic E-state index is 13.2. The SMILES string of the molecule is N#Cc1ccc(N2CC(Cc3ccccc3)(C(=O)NCC3=CCCCC3)C2)nc1. The van der Waals surface area contributed by atoms with Crippen LogP contribution in [-0.2, 0) is 11.2 Å². The summed E-state index contributed by atoms with van der Waals surface area (Å²) in [5.41, 5.74) is 2.62. The van der Waals surface area contributed by atoms with Crippen LogP contribution in [0.4, 0.5) is 5.82 Å². The van der Waals surface area contributed by atoms with Crippen molar-refractivity contribution in [1.82, 2.24) is 10.3 Å². The summed E-state index contributed by atoms with van der Waals surface area (Å²) in [6, 6.07) is 15.9. The molecule has 1 fully saturated rings. The van der Waals surface area contributed by atoms with Gasteiger partial charge in [0.05, 0.1) is 11.0 Å². The molecule has 1 aromatic heterocycles. The smallest absolute Gasteiger partial charge is 0.230 e. The second kappa shape index (κ2) is 8.48. The van der Waals surface area contributed by atoms with Gasteiger partial charge in [0, 0.05) is 25.8 Å². The number of nitrogens with zero attached hydrogens (tertiary/aromatic N) is 3. The Morgan fingerprint density at radius 3 is 2.66 bits per heavy atom. The molecule has 5 nitrogen and oxygen atoms in total. The van der Waals surface area contributed by atoms with Crippen LogP contribution in [0.5, 0.6) is 0 Å². The predicted octanol–water partition coefficient (Wildman–Crippen LogP) is 3.62. The lowest BCUT2D eigenvalue weighted by atomic mass is 9.73. The molecule has 0 saturated carbocycles. The number of nitriles is 1. The van der Waals surface area contributed by atoms with Crippen molar-refractivity contribution in [2.24, 2.45) is 5.41 Å². The minimum absolute atomic E-state index is 0.123. The first-order valence-electron chi connectivity index (χ1n) is 10.3. The highest BCUT2D eigenvalue weighted by atomic mass is 16.2. The maximum atomic E-state index is 13.2. The van der Waals surface area contributed by atoms with Crippen molar-refractivity contribution >= 4 is 11.7 Å². The van der Waals surface area contributed by atoms with Gasteiger partial charge in [-0.1, -0.05) is 42.0 Å². The molecule has 1 aliphatic carbocycles. The minimum Gasteiger partial charge on any atom is -0.354 e. The van der Waals surface area contributed by atoms with Gasteiger partial charge in [-0.2, -0.15) is 5.26 Å². The van der Waals surface area contributed by atoms with Crippen molar-refractivity contribution in [3.63, 3.8) is 0 Å². The molecule has 5 heteroatoms. The summed E-state index contributed by atoms with van der Waals surface area (Å²) in [5.74, 6) is 0.938. The van der Waals surface area contributed by atoms with E-state index in [1.807, 2.05) is 24.3 Å². The molecule has 0 bridgehead atoms. The van der Waals surface area contributed by atoms with E-state index in [1.165, 1.54) is 24.0 Å². The quantitative estimate of drug-likeness (QED) is 0.770. The highest BCUT2D eigenvalue weighted by Crippen LogP contribution is 2.37. The van der Waals surface area contributed by atoms with Crippen molar-refractivity contribution in [1.29, 1.82) is 5.26 Å². The highest BCUT2D eigenvalue weighted by Gasteiger charge is 2.49. The predicted molar refractivity (Wildman–Crippen MR) is 113 cm³/mol. The first-order chi connectivity index (χ1) is 14.2. The van der Waals surface area contributed by atoms with Gasteiger partial charge in [0.1, 0.15) is 11.9 Å². The van der Waals surface area contributed by atoms with Crippen molar-refractivity contribution < 1.29 is 4.79 Å². The summed E-state index contributed by atoms with van der Waals surface area (Å²) in [6.45, 7) is 1.92. The fourth-order valence-electron chi connectivity index (χ4n) is 4.25. The lowest BCUT2D eigenvalue weighted by Gasteiger charge is -2.49. The van der Waals surface area contributed by atoms with Crippen molar-refractivity contribution in [3.05, 3.63) is 71.4 Å². The number of amides is 1. The Kier molecular flexibility index (Phi) is 5.62. The van der Waals surface area contributed by atoms with Crippen LogP contribution in [0.15, 0.2) is 60.3 Å². The number of allylic oxidation sites excluding steroid dienone is 1. The van der Waals surface area contributed by atoms with E-state index in [2.05, 4.69) is 39.5 Å². The van der Waals surface area contributed by atoms with E-state index in [-0.39, 0.29) is 5.91 Å². The second-order valence-electron chi connectivity index (χ2n) is 8.11. The molecule has 1 aromatic carbocycles. The first-order valence-corrected chi connectivity index (χ1v) is 10.3. The molecule has 0 atom stereocenters. The standard InChI is InChI=1S/C24H26N4O/c25-14-21-11-12-22(26-16-21)28-17-24(18-28,13-19-7-3-1-4-8-19)23(29)27-15-20-9-5-2-6-10-20/h1,3-4,7-9,11-12,16H,2,5-6,10,13,15,17-18H2,(H,27,29). The zero-order valence-corrected chi connectivity index (χ0v) is 16.6. The number of nitrogens with one attached hydrogen (secondary N) is 1. The second-order valence-corrected chi connectivity index (χ2v) is 8.11. The van der Waals surface area contributed by atoms with E-state index in [0.29, 0.717) is 31.6 Å². The summed E-state index contributed by atoms with van der Waals surface area (Å²) >= 11 is 0. The number of carbonyl (C=O) groups is 1. The van der Waals surface area contributed by atoms with Gasteiger partial charge in [0.15, 0.2) is 0 Å². The third-order valence-corrected chi connectivity index (χ3v) is 5.92. The fourth-order valence-corrected chi connectivity index (χ4v) is 4.25. The fraction of sp³-hybridized carbons (Fsp3) is 0.375. The van der Waals surface area contributed by atoms with Crippen LogP contribution in [0.2, 0.25) is 0 Å². The Balaban J connectivity index is 1.47. The van der Waals surface area contributed by atoms with E-state index in [9.17, 15) is 4.79 Å². The summed E-state index contributed by atoms with van der Waals surface area (Å²) in [7, 11) is 0. The molecular weight excluding hydrogens is 360 g/mol. The number of anilines is 1. The Labute approximate surface area is 172 Å². The Bertz CT molecular complexity index is 922. The molecule has 0 radical (unpaired) electrons. The van der Waals surface area contributed by atoms with Crippen LogP contribution in [0, 0.1) is 16.7 Å². The molecule has 4 rings (SSSR count). The van der Waals surface area contributed by atoms with E-state index in [0.717, 1.165) is 18.7 Å². The topological polar surface area (TPSA) is 69.0 Å². The molecule has 29 heavy (non-hydrogen) atoms. The average molecular weight is 386 g/mol. The summed E-state index contributed by atoms with van der Waals surface area (Å²) in [6.07, 6.45) is 9.26. The third kappa shape index (κ3) is 4.32. The number of hydrogen-bond donors (Lipinski definition) is 1. The Morgan fingerprint density at radius 2 is 2.00 bits per heavy atom. The molecule has 1 aliphatic heterocycles. The maximum Gasteiger partial charge on any atom is 0.230 e. The number of carbonyl (C=O) groups excluding carboxylic acids is 1. The van der Waals surface area contributed by atoms with Gasteiger partial charge in [-0.05, 0) is 49.8 Å². The van der Waals surface area contributed by atoms with Gasteiger partial charge < -0.3 is 10.2 Å². The third-order valence-electron chi connectivity index (χ3n) is 5.92. The number of rotatable bonds is 6. The molecule has 2 heterocycles. The van der Waals surface area contributed by atoms with Gasteiger partial charge in [-0.3, -0.25) is 4.79 Å². The van der Waals surface area contributed by atoms with Crippen LogP contribution in [-0.4, -0.2) is 30.5 Å². The monoisotopic (exact) mass is 386 g/mol. The van der Waals surface area contributed by atoms with Crippen LogP contribution in [0.1, 0.15) is 36.8 Å². The minimum atomic E-state index is -0.452. The Morgan fingerprint density at radius 1 is 1.17 bits per heavy atom. The molecule has 1 N–H and O–H groups in total. The zero-order chi connectivity index (χ0) is 20.1. The number of hydrogen-bond acceptors (Lipinski definition) is 4. The average Bonchev–Trinajstić information content (AvgIpc) is 2.76. The Hall–Kier alpha value is -3.13. The van der Waals surface area contributed by atoms with E-state index in [1.54, 1.807) is 12.3 Å². The number of benzene rings is 1. The summed E-state index contributed by atoms with van der Waals surface area (Å²) in [4.78, 5) is 19.7. The molecular formula is C24H26N4O. The van der Waals surface area contributed by atoms with E-state index < -0.39 is 5.41 Å². The van der Waals surface area contributed by atoms with Crippen LogP contribution < -0.4 is 10.2 Å². The molecule has 1 amide bonds. The number of pyridine rings is 1. The lowest BCUT2D eigenvalue weighted by Crippen LogP contribution is -2.64. The van der Waals surface area contributed by atoms with Gasteiger partial charge in [-0.15, -0.1) is 0 Å².